The largest absolute Gasteiger partial charge is 0.497 e. The third kappa shape index (κ3) is 3.42. The van der Waals surface area contributed by atoms with E-state index in [4.69, 9.17) is 26.8 Å². The van der Waals surface area contributed by atoms with Crippen LogP contribution in [0.4, 0.5) is 5.69 Å². The van der Waals surface area contributed by atoms with Crippen molar-refractivity contribution in [3.05, 3.63) is 57.1 Å². The lowest BCUT2D eigenvalue weighted by Gasteiger charge is -2.10. The highest BCUT2D eigenvalue weighted by Crippen LogP contribution is 2.37. The number of methoxy groups -OCH3 is 1. The fraction of sp³-hybridized carbons (Fsp3) is 0.143. The minimum atomic E-state index is -0.531. The summed E-state index contributed by atoms with van der Waals surface area (Å²) in [5.74, 6) is 0.817. The maximum absolute atomic E-state index is 11.0. The highest BCUT2D eigenvalue weighted by atomic mass is 35.5. The minimum absolute atomic E-state index is 0.0572. The Balaban J connectivity index is 2.40. The molecule has 0 saturated carbocycles. The van der Waals surface area contributed by atoms with E-state index in [2.05, 4.69) is 0 Å². The highest BCUT2D eigenvalue weighted by molar-refractivity contribution is 6.32. The lowest BCUT2D eigenvalue weighted by atomic mass is 10.2. The Hall–Kier alpha value is -2.31. The summed E-state index contributed by atoms with van der Waals surface area (Å²) in [7, 11) is 1.47. The topological polar surface area (TPSA) is 87.6 Å². The van der Waals surface area contributed by atoms with Gasteiger partial charge in [0.25, 0.3) is 0 Å². The van der Waals surface area contributed by atoms with Crippen LogP contribution in [-0.4, -0.2) is 12.0 Å². The molecule has 0 aromatic heterocycles. The van der Waals surface area contributed by atoms with Crippen LogP contribution in [0.3, 0.4) is 0 Å². The molecule has 0 aliphatic carbocycles. The molecule has 0 atom stereocenters. The van der Waals surface area contributed by atoms with Crippen molar-refractivity contribution in [1.29, 1.82) is 0 Å². The fourth-order valence-electron chi connectivity index (χ4n) is 1.73. The van der Waals surface area contributed by atoms with Crippen LogP contribution in [0.1, 0.15) is 5.56 Å². The maximum Gasteiger partial charge on any atom is 0.311 e. The van der Waals surface area contributed by atoms with Crippen molar-refractivity contribution in [2.24, 2.45) is 5.73 Å². The number of rotatable bonds is 5. The smallest absolute Gasteiger partial charge is 0.311 e. The monoisotopic (exact) mass is 308 g/mol. The van der Waals surface area contributed by atoms with Gasteiger partial charge >= 0.3 is 5.69 Å². The standard InChI is InChI=1S/C14H13ClN2O4/c1-20-10-3-4-12(17(18)19)14(7-10)21-13-5-2-9(8-16)6-11(13)15/h2-7H,8,16H2,1H3. The van der Waals surface area contributed by atoms with Gasteiger partial charge in [-0.25, -0.2) is 0 Å². The molecule has 0 bridgehead atoms. The molecule has 21 heavy (non-hydrogen) atoms. The van der Waals surface area contributed by atoms with Gasteiger partial charge in [-0.2, -0.15) is 0 Å². The molecule has 0 fully saturated rings. The third-order valence-electron chi connectivity index (χ3n) is 2.82. The second-order valence-corrected chi connectivity index (χ2v) is 4.57. The van der Waals surface area contributed by atoms with Crippen molar-refractivity contribution in [2.75, 3.05) is 7.11 Å². The summed E-state index contributed by atoms with van der Waals surface area (Å²) >= 11 is 6.08. The molecule has 2 N–H and O–H groups in total. The number of nitro benzene ring substituents is 1. The number of hydrogen-bond donors (Lipinski definition) is 1. The van der Waals surface area contributed by atoms with Gasteiger partial charge in [-0.1, -0.05) is 17.7 Å². The molecule has 6 nitrogen and oxygen atoms in total. The normalized spacial score (nSPS) is 10.2. The number of nitro groups is 1. The molecule has 0 aliphatic heterocycles. The maximum atomic E-state index is 11.0. The van der Waals surface area contributed by atoms with E-state index in [1.54, 1.807) is 18.2 Å². The second-order valence-electron chi connectivity index (χ2n) is 4.16. The number of nitrogens with zero attached hydrogens (tertiary/aromatic N) is 1. The number of ether oxygens (including phenoxy) is 2. The second kappa shape index (κ2) is 6.43. The number of hydrogen-bond acceptors (Lipinski definition) is 5. The lowest BCUT2D eigenvalue weighted by molar-refractivity contribution is -0.385. The van der Waals surface area contributed by atoms with Gasteiger partial charge in [-0.15, -0.1) is 0 Å². The van der Waals surface area contributed by atoms with Crippen molar-refractivity contribution in [3.8, 4) is 17.2 Å². The van der Waals surface area contributed by atoms with Gasteiger partial charge in [0.15, 0.2) is 0 Å². The molecule has 2 rings (SSSR count). The molecule has 0 unspecified atom stereocenters. The van der Waals surface area contributed by atoms with E-state index in [9.17, 15) is 10.1 Å². The average molecular weight is 309 g/mol. The van der Waals surface area contributed by atoms with Crippen LogP contribution in [0.25, 0.3) is 0 Å². The predicted octanol–water partition coefficient (Wildman–Crippen LogP) is 3.51. The van der Waals surface area contributed by atoms with E-state index < -0.39 is 4.92 Å². The van der Waals surface area contributed by atoms with Crippen molar-refractivity contribution < 1.29 is 14.4 Å². The van der Waals surface area contributed by atoms with E-state index >= 15 is 0 Å². The Labute approximate surface area is 126 Å². The molecule has 110 valence electrons. The zero-order valence-corrected chi connectivity index (χ0v) is 12.0. The lowest BCUT2D eigenvalue weighted by Crippen LogP contribution is -1.97. The fourth-order valence-corrected chi connectivity index (χ4v) is 1.97. The molecule has 0 aliphatic rings. The van der Waals surface area contributed by atoms with Gasteiger partial charge < -0.3 is 15.2 Å². The van der Waals surface area contributed by atoms with E-state index in [0.29, 0.717) is 23.1 Å². The average Bonchev–Trinajstić information content (AvgIpc) is 2.48. The predicted molar refractivity (Wildman–Crippen MR) is 79.1 cm³/mol. The van der Waals surface area contributed by atoms with Gasteiger partial charge in [-0.05, 0) is 23.8 Å². The molecule has 0 amide bonds. The van der Waals surface area contributed by atoms with Gasteiger partial charge in [0.05, 0.1) is 17.1 Å². The number of halogens is 1. The Bertz CT molecular complexity index is 676. The van der Waals surface area contributed by atoms with Crippen LogP contribution >= 0.6 is 11.6 Å². The van der Waals surface area contributed by atoms with E-state index in [1.807, 2.05) is 0 Å². The first-order valence-corrected chi connectivity index (χ1v) is 6.41. The molecule has 2 aromatic rings. The molecule has 0 spiro atoms. The SMILES string of the molecule is COc1ccc([N+](=O)[O-])c(Oc2ccc(CN)cc2Cl)c1. The summed E-state index contributed by atoms with van der Waals surface area (Å²) in [6.45, 7) is 0.347. The van der Waals surface area contributed by atoms with Crippen LogP contribution in [0.5, 0.6) is 17.2 Å². The van der Waals surface area contributed by atoms with Crippen LogP contribution in [0, 0.1) is 10.1 Å². The Morgan fingerprint density at radius 2 is 2.00 bits per heavy atom. The van der Waals surface area contributed by atoms with Crippen molar-refractivity contribution in [1.82, 2.24) is 0 Å². The molecular weight excluding hydrogens is 296 g/mol. The van der Waals surface area contributed by atoms with Crippen LogP contribution < -0.4 is 15.2 Å². The summed E-state index contributed by atoms with van der Waals surface area (Å²) in [4.78, 5) is 10.5. The molecule has 7 heteroatoms. The van der Waals surface area contributed by atoms with Crippen molar-refractivity contribution in [3.63, 3.8) is 0 Å². The number of benzene rings is 2. The van der Waals surface area contributed by atoms with Crippen LogP contribution in [-0.2, 0) is 6.54 Å². The Morgan fingerprint density at radius 1 is 1.24 bits per heavy atom. The van der Waals surface area contributed by atoms with Crippen molar-refractivity contribution in [2.45, 2.75) is 6.54 Å². The first-order valence-electron chi connectivity index (χ1n) is 6.04. The summed E-state index contributed by atoms with van der Waals surface area (Å²) in [5, 5.41) is 11.4. The van der Waals surface area contributed by atoms with E-state index in [1.165, 1.54) is 25.3 Å². The first kappa shape index (κ1) is 15.1. The van der Waals surface area contributed by atoms with Crippen molar-refractivity contribution >= 4 is 17.3 Å². The van der Waals surface area contributed by atoms with Gasteiger partial charge in [0.1, 0.15) is 11.5 Å². The highest BCUT2D eigenvalue weighted by Gasteiger charge is 2.18. The third-order valence-corrected chi connectivity index (χ3v) is 3.11. The summed E-state index contributed by atoms with van der Waals surface area (Å²) in [5.41, 5.74) is 6.19. The molecular formula is C14H13ClN2O4. The molecule has 0 heterocycles. The van der Waals surface area contributed by atoms with Gasteiger partial charge in [0, 0.05) is 18.7 Å². The zero-order chi connectivity index (χ0) is 15.4. The minimum Gasteiger partial charge on any atom is -0.497 e. The van der Waals surface area contributed by atoms with E-state index in [-0.39, 0.29) is 11.4 Å². The van der Waals surface area contributed by atoms with Crippen LogP contribution in [0.15, 0.2) is 36.4 Å². The van der Waals surface area contributed by atoms with Gasteiger partial charge in [-0.3, -0.25) is 10.1 Å². The Kier molecular flexibility index (Phi) is 4.62. The quantitative estimate of drug-likeness (QED) is 0.674. The molecule has 0 saturated heterocycles. The van der Waals surface area contributed by atoms with Gasteiger partial charge in [0.2, 0.25) is 5.75 Å². The summed E-state index contributed by atoms with van der Waals surface area (Å²) < 4.78 is 10.6. The van der Waals surface area contributed by atoms with Crippen LogP contribution in [0.2, 0.25) is 5.02 Å². The summed E-state index contributed by atoms with van der Waals surface area (Å²) in [6, 6.07) is 9.26. The zero-order valence-electron chi connectivity index (χ0n) is 11.2. The Morgan fingerprint density at radius 3 is 2.57 bits per heavy atom. The first-order chi connectivity index (χ1) is 10.0. The summed E-state index contributed by atoms with van der Waals surface area (Å²) in [6.07, 6.45) is 0. The molecule has 2 aromatic carbocycles. The molecule has 0 radical (unpaired) electrons. The van der Waals surface area contributed by atoms with E-state index in [0.717, 1.165) is 5.56 Å². The number of nitrogens with two attached hydrogens (primary N) is 1.